The van der Waals surface area contributed by atoms with E-state index < -0.39 is 0 Å². The molecule has 94 valence electrons. The summed E-state index contributed by atoms with van der Waals surface area (Å²) in [6.45, 7) is 2.88. The fraction of sp³-hybridized carbons (Fsp3) is 0.429. The summed E-state index contributed by atoms with van der Waals surface area (Å²) < 4.78 is 0. The highest BCUT2D eigenvalue weighted by Crippen LogP contribution is 2.22. The van der Waals surface area contributed by atoms with Gasteiger partial charge in [-0.1, -0.05) is 12.1 Å². The van der Waals surface area contributed by atoms with Crippen LogP contribution in [0.15, 0.2) is 30.5 Å². The summed E-state index contributed by atoms with van der Waals surface area (Å²) in [7, 11) is 0. The number of piperidine rings is 1. The van der Waals surface area contributed by atoms with Crippen LogP contribution in [0.4, 0.5) is 5.82 Å². The van der Waals surface area contributed by atoms with Crippen molar-refractivity contribution >= 4 is 16.9 Å². The van der Waals surface area contributed by atoms with Gasteiger partial charge in [0, 0.05) is 13.1 Å². The molecule has 2 N–H and O–H groups in total. The van der Waals surface area contributed by atoms with E-state index in [9.17, 15) is 0 Å². The molecule has 0 unspecified atom stereocenters. The van der Waals surface area contributed by atoms with Gasteiger partial charge in [0.1, 0.15) is 5.82 Å². The third kappa shape index (κ3) is 2.16. The first kappa shape index (κ1) is 11.4. The van der Waals surface area contributed by atoms with Gasteiger partial charge in [-0.15, -0.1) is 0 Å². The van der Waals surface area contributed by atoms with Crippen molar-refractivity contribution in [3.05, 3.63) is 30.5 Å². The lowest BCUT2D eigenvalue weighted by Crippen LogP contribution is -2.36. The molecule has 1 aromatic heterocycles. The zero-order valence-electron chi connectivity index (χ0n) is 10.4. The number of fused-ring (bicyclic) bond motifs is 1. The zero-order chi connectivity index (χ0) is 12.4. The first-order valence-electron chi connectivity index (χ1n) is 6.53. The second-order valence-corrected chi connectivity index (χ2v) is 4.88. The van der Waals surface area contributed by atoms with Crippen LogP contribution in [0, 0.1) is 5.92 Å². The van der Waals surface area contributed by atoms with Crippen molar-refractivity contribution in [1.29, 1.82) is 0 Å². The lowest BCUT2D eigenvalue weighted by molar-refractivity contribution is 0.413. The number of aromatic nitrogens is 2. The van der Waals surface area contributed by atoms with Crippen molar-refractivity contribution < 1.29 is 0 Å². The van der Waals surface area contributed by atoms with E-state index in [2.05, 4.69) is 14.9 Å². The maximum Gasteiger partial charge on any atom is 0.147 e. The topological polar surface area (TPSA) is 55.0 Å². The molecule has 4 nitrogen and oxygen atoms in total. The molecule has 0 atom stereocenters. The summed E-state index contributed by atoms with van der Waals surface area (Å²) in [4.78, 5) is 11.5. The normalized spacial score (nSPS) is 17.3. The molecular formula is C14H18N4. The number of benzene rings is 1. The van der Waals surface area contributed by atoms with Crippen LogP contribution in [0.2, 0.25) is 0 Å². The van der Waals surface area contributed by atoms with Gasteiger partial charge in [-0.05, 0) is 37.4 Å². The minimum absolute atomic E-state index is 0.676. The molecule has 0 spiro atoms. The molecule has 1 fully saturated rings. The van der Waals surface area contributed by atoms with Gasteiger partial charge in [-0.3, -0.25) is 4.98 Å². The molecule has 1 aliphatic heterocycles. The molecule has 1 saturated heterocycles. The van der Waals surface area contributed by atoms with Crippen LogP contribution in [0.5, 0.6) is 0 Å². The second-order valence-electron chi connectivity index (χ2n) is 4.88. The predicted molar refractivity (Wildman–Crippen MR) is 73.5 cm³/mol. The highest BCUT2D eigenvalue weighted by molar-refractivity contribution is 5.75. The van der Waals surface area contributed by atoms with Crippen LogP contribution in [0.3, 0.4) is 0 Å². The molecule has 1 aliphatic rings. The Labute approximate surface area is 107 Å². The van der Waals surface area contributed by atoms with Gasteiger partial charge in [0.25, 0.3) is 0 Å². The van der Waals surface area contributed by atoms with Crippen LogP contribution >= 0.6 is 0 Å². The number of nitrogens with two attached hydrogens (primary N) is 1. The quantitative estimate of drug-likeness (QED) is 0.872. The first-order chi connectivity index (χ1) is 8.86. The van der Waals surface area contributed by atoms with E-state index in [4.69, 9.17) is 5.73 Å². The molecule has 0 amide bonds. The van der Waals surface area contributed by atoms with Crippen LogP contribution in [-0.2, 0) is 0 Å². The number of hydrogen-bond donors (Lipinski definition) is 1. The van der Waals surface area contributed by atoms with E-state index in [-0.39, 0.29) is 0 Å². The van der Waals surface area contributed by atoms with Crippen molar-refractivity contribution in [3.63, 3.8) is 0 Å². The molecule has 2 heterocycles. The van der Waals surface area contributed by atoms with Crippen molar-refractivity contribution in [2.45, 2.75) is 12.8 Å². The first-order valence-corrected chi connectivity index (χ1v) is 6.53. The van der Waals surface area contributed by atoms with Gasteiger partial charge in [-0.25, -0.2) is 4.98 Å². The predicted octanol–water partition coefficient (Wildman–Crippen LogP) is 1.80. The number of nitrogens with zero attached hydrogens (tertiary/aromatic N) is 3. The van der Waals surface area contributed by atoms with Gasteiger partial charge in [-0.2, -0.15) is 0 Å². The summed E-state index contributed by atoms with van der Waals surface area (Å²) >= 11 is 0. The van der Waals surface area contributed by atoms with E-state index in [1.807, 2.05) is 30.5 Å². The lowest BCUT2D eigenvalue weighted by atomic mass is 9.97. The number of rotatable bonds is 2. The number of para-hydroxylation sites is 2. The molecule has 0 saturated carbocycles. The average Bonchev–Trinajstić information content (AvgIpc) is 2.47. The fourth-order valence-corrected chi connectivity index (χ4v) is 2.50. The fourth-order valence-electron chi connectivity index (χ4n) is 2.50. The molecule has 3 rings (SSSR count). The molecule has 2 aromatic rings. The van der Waals surface area contributed by atoms with Gasteiger partial charge in [0.15, 0.2) is 0 Å². The van der Waals surface area contributed by atoms with Crippen LogP contribution in [-0.4, -0.2) is 29.6 Å². The maximum absolute atomic E-state index is 5.72. The second kappa shape index (κ2) is 4.90. The Morgan fingerprint density at radius 3 is 2.61 bits per heavy atom. The van der Waals surface area contributed by atoms with Gasteiger partial charge >= 0.3 is 0 Å². The summed E-state index contributed by atoms with van der Waals surface area (Å²) in [6.07, 6.45) is 4.20. The Morgan fingerprint density at radius 1 is 1.17 bits per heavy atom. The average molecular weight is 242 g/mol. The molecule has 0 aliphatic carbocycles. The van der Waals surface area contributed by atoms with Crippen molar-refractivity contribution in [1.82, 2.24) is 9.97 Å². The molecule has 18 heavy (non-hydrogen) atoms. The van der Waals surface area contributed by atoms with Crippen molar-refractivity contribution in [2.24, 2.45) is 11.7 Å². The summed E-state index contributed by atoms with van der Waals surface area (Å²) in [5, 5.41) is 0. The largest absolute Gasteiger partial charge is 0.355 e. The monoisotopic (exact) mass is 242 g/mol. The minimum atomic E-state index is 0.676. The Balaban J connectivity index is 1.82. The van der Waals surface area contributed by atoms with E-state index in [0.717, 1.165) is 49.3 Å². The van der Waals surface area contributed by atoms with E-state index in [0.29, 0.717) is 5.92 Å². The zero-order valence-corrected chi connectivity index (χ0v) is 10.4. The number of anilines is 1. The van der Waals surface area contributed by atoms with Crippen LogP contribution in [0.25, 0.3) is 11.0 Å². The van der Waals surface area contributed by atoms with Crippen molar-refractivity contribution in [3.8, 4) is 0 Å². The third-order valence-electron chi connectivity index (χ3n) is 3.71. The van der Waals surface area contributed by atoms with Gasteiger partial charge in [0.2, 0.25) is 0 Å². The van der Waals surface area contributed by atoms with Gasteiger partial charge < -0.3 is 10.6 Å². The van der Waals surface area contributed by atoms with E-state index in [1.165, 1.54) is 0 Å². The van der Waals surface area contributed by atoms with Crippen LogP contribution in [0.1, 0.15) is 12.8 Å². The van der Waals surface area contributed by atoms with Crippen LogP contribution < -0.4 is 10.6 Å². The highest BCUT2D eigenvalue weighted by Gasteiger charge is 2.19. The molecule has 0 radical (unpaired) electrons. The van der Waals surface area contributed by atoms with Gasteiger partial charge in [0.05, 0.1) is 17.2 Å². The number of hydrogen-bond acceptors (Lipinski definition) is 4. The Morgan fingerprint density at radius 2 is 1.89 bits per heavy atom. The summed E-state index contributed by atoms with van der Waals surface area (Å²) in [5.41, 5.74) is 7.64. The minimum Gasteiger partial charge on any atom is -0.355 e. The highest BCUT2D eigenvalue weighted by atomic mass is 15.2. The molecular weight excluding hydrogens is 224 g/mol. The standard InChI is InChI=1S/C14H18N4/c15-9-11-5-7-18(8-6-11)14-10-16-12-3-1-2-4-13(12)17-14/h1-4,10-11H,5-9,15H2. The van der Waals surface area contributed by atoms with E-state index >= 15 is 0 Å². The molecule has 1 aromatic carbocycles. The Hall–Kier alpha value is -1.68. The summed E-state index contributed by atoms with van der Waals surface area (Å²) in [5.74, 6) is 1.67. The Bertz CT molecular complexity index is 532. The molecule has 0 bridgehead atoms. The smallest absolute Gasteiger partial charge is 0.147 e. The van der Waals surface area contributed by atoms with Crippen molar-refractivity contribution in [2.75, 3.05) is 24.5 Å². The molecule has 4 heteroatoms. The van der Waals surface area contributed by atoms with E-state index in [1.54, 1.807) is 0 Å². The summed E-state index contributed by atoms with van der Waals surface area (Å²) in [6, 6.07) is 8.00. The SMILES string of the molecule is NCC1CCN(c2cnc3ccccc3n2)CC1. The third-order valence-corrected chi connectivity index (χ3v) is 3.71. The lowest BCUT2D eigenvalue weighted by Gasteiger charge is -2.32. The Kier molecular flexibility index (Phi) is 3.11. The maximum atomic E-state index is 5.72.